The van der Waals surface area contributed by atoms with Gasteiger partial charge in [-0.3, -0.25) is 9.59 Å². The van der Waals surface area contributed by atoms with Crippen molar-refractivity contribution in [2.24, 2.45) is 0 Å². The monoisotopic (exact) mass is 466 g/mol. The maximum atomic E-state index is 13.5. The van der Waals surface area contributed by atoms with E-state index in [0.29, 0.717) is 11.1 Å². The van der Waals surface area contributed by atoms with Gasteiger partial charge in [0.05, 0.1) is 5.56 Å². The molecule has 1 unspecified atom stereocenters. The molecule has 3 aromatic rings. The fourth-order valence-electron chi connectivity index (χ4n) is 4.37. The van der Waals surface area contributed by atoms with Crippen LogP contribution in [-0.2, 0) is 30.5 Å². The van der Waals surface area contributed by atoms with E-state index in [-0.39, 0.29) is 31.3 Å². The zero-order valence-corrected chi connectivity index (χ0v) is 18.9. The Bertz CT molecular complexity index is 1240. The maximum absolute atomic E-state index is 13.5. The lowest BCUT2D eigenvalue weighted by molar-refractivity contribution is -0.137. The Morgan fingerprint density at radius 2 is 1.74 bits per heavy atom. The third kappa shape index (κ3) is 4.55. The van der Waals surface area contributed by atoms with Crippen LogP contribution in [0.1, 0.15) is 45.1 Å². The van der Waals surface area contributed by atoms with Crippen LogP contribution >= 0.6 is 0 Å². The first-order chi connectivity index (χ1) is 16.1. The lowest BCUT2D eigenvalue weighted by atomic mass is 9.82. The number of hydrogen-bond acceptors (Lipinski definition) is 2. The van der Waals surface area contributed by atoms with Gasteiger partial charge in [-0.2, -0.15) is 13.2 Å². The Kier molecular flexibility index (Phi) is 6.21. The molecule has 1 aliphatic rings. The van der Waals surface area contributed by atoms with Crippen LogP contribution in [-0.4, -0.2) is 22.3 Å². The van der Waals surface area contributed by atoms with Gasteiger partial charge in [-0.05, 0) is 54.3 Å². The lowest BCUT2D eigenvalue weighted by Crippen LogP contribution is -2.62. The van der Waals surface area contributed by atoms with Crippen molar-refractivity contribution in [1.82, 2.24) is 10.2 Å². The number of fused-ring (bicyclic) bond motifs is 1. The van der Waals surface area contributed by atoms with Crippen molar-refractivity contribution >= 4 is 11.8 Å². The number of nitrogens with zero attached hydrogens (tertiary/aromatic N) is 1. The van der Waals surface area contributed by atoms with Crippen LogP contribution in [0.5, 0.6) is 0 Å². The molecule has 0 bridgehead atoms. The number of alkyl halides is 3. The minimum Gasteiger partial charge on any atom is -0.350 e. The second-order valence-corrected chi connectivity index (χ2v) is 8.81. The van der Waals surface area contributed by atoms with Crippen LogP contribution in [0.4, 0.5) is 13.2 Å². The fraction of sp³-hybridized carbons (Fsp3) is 0.259. The minimum absolute atomic E-state index is 0.120. The van der Waals surface area contributed by atoms with Gasteiger partial charge in [0.2, 0.25) is 5.91 Å². The topological polar surface area (TPSA) is 49.4 Å². The molecule has 4 rings (SSSR count). The molecule has 3 aromatic carbocycles. The van der Waals surface area contributed by atoms with E-state index in [1.54, 1.807) is 25.1 Å². The molecule has 176 valence electrons. The molecule has 1 aliphatic heterocycles. The summed E-state index contributed by atoms with van der Waals surface area (Å²) in [6, 6.07) is 19.6. The van der Waals surface area contributed by atoms with E-state index in [1.165, 1.54) is 17.0 Å². The van der Waals surface area contributed by atoms with Gasteiger partial charge in [0.25, 0.3) is 5.91 Å². The van der Waals surface area contributed by atoms with E-state index in [2.05, 4.69) is 5.32 Å². The highest BCUT2D eigenvalue weighted by Crippen LogP contribution is 2.34. The number of aryl methyl sites for hydroxylation is 1. The number of amides is 2. The summed E-state index contributed by atoms with van der Waals surface area (Å²) in [7, 11) is 0. The van der Waals surface area contributed by atoms with Gasteiger partial charge in [-0.1, -0.05) is 54.6 Å². The first-order valence-corrected chi connectivity index (χ1v) is 11.0. The van der Waals surface area contributed by atoms with Gasteiger partial charge in [0.15, 0.2) is 0 Å². The van der Waals surface area contributed by atoms with E-state index in [1.807, 2.05) is 37.3 Å². The first kappa shape index (κ1) is 23.5. The average molecular weight is 467 g/mol. The normalized spacial score (nSPS) is 17.9. The lowest BCUT2D eigenvalue weighted by Gasteiger charge is -2.44. The SMILES string of the molecule is Cc1ccccc1CNC(=O)C1(C)Cc2ccccc2C(=O)N1Cc1cccc(C(F)(F)F)c1. The van der Waals surface area contributed by atoms with Gasteiger partial charge in [-0.15, -0.1) is 0 Å². The molecule has 0 fully saturated rings. The van der Waals surface area contributed by atoms with Crippen molar-refractivity contribution in [1.29, 1.82) is 0 Å². The highest BCUT2D eigenvalue weighted by Gasteiger charge is 2.46. The van der Waals surface area contributed by atoms with E-state index >= 15 is 0 Å². The average Bonchev–Trinajstić information content (AvgIpc) is 2.80. The van der Waals surface area contributed by atoms with E-state index in [9.17, 15) is 22.8 Å². The summed E-state index contributed by atoms with van der Waals surface area (Å²) in [5.74, 6) is -0.738. The summed E-state index contributed by atoms with van der Waals surface area (Å²) < 4.78 is 39.8. The molecule has 1 N–H and O–H groups in total. The smallest absolute Gasteiger partial charge is 0.350 e. The molecular formula is C27H25F3N2O2. The molecule has 0 aliphatic carbocycles. The summed E-state index contributed by atoms with van der Waals surface area (Å²) in [4.78, 5) is 28.4. The van der Waals surface area contributed by atoms with Crippen molar-refractivity contribution in [2.45, 2.75) is 45.1 Å². The maximum Gasteiger partial charge on any atom is 0.416 e. The number of halogens is 3. The van der Waals surface area contributed by atoms with Crippen LogP contribution in [0.2, 0.25) is 0 Å². The van der Waals surface area contributed by atoms with Gasteiger partial charge in [-0.25, -0.2) is 0 Å². The van der Waals surface area contributed by atoms with Crippen LogP contribution in [0.25, 0.3) is 0 Å². The fourth-order valence-corrected chi connectivity index (χ4v) is 4.37. The van der Waals surface area contributed by atoms with Crippen LogP contribution in [0, 0.1) is 6.92 Å². The van der Waals surface area contributed by atoms with Crippen LogP contribution in [0.15, 0.2) is 72.8 Å². The van der Waals surface area contributed by atoms with E-state index < -0.39 is 17.3 Å². The molecule has 0 saturated heterocycles. The predicted octanol–water partition coefficient (Wildman–Crippen LogP) is 5.29. The Morgan fingerprint density at radius 1 is 1.03 bits per heavy atom. The second kappa shape index (κ2) is 8.97. The van der Waals surface area contributed by atoms with Crippen LogP contribution < -0.4 is 5.32 Å². The summed E-state index contributed by atoms with van der Waals surface area (Å²) in [5, 5.41) is 2.94. The number of carbonyl (C=O) groups excluding carboxylic acids is 2. The molecule has 0 radical (unpaired) electrons. The summed E-state index contributed by atoms with van der Waals surface area (Å²) in [6.45, 7) is 3.78. The standard InChI is InChI=1S/C27H25F3N2O2/c1-18-8-3-4-11-21(18)16-31-25(34)26(2)15-20-10-5-6-13-23(20)24(33)32(26)17-19-9-7-12-22(14-19)27(28,29)30/h3-14H,15-17H2,1-2H3,(H,31,34). The molecular weight excluding hydrogens is 441 g/mol. The highest BCUT2D eigenvalue weighted by molar-refractivity contribution is 6.02. The number of nitrogens with one attached hydrogen (secondary N) is 1. The summed E-state index contributed by atoms with van der Waals surface area (Å²) >= 11 is 0. The largest absolute Gasteiger partial charge is 0.416 e. The van der Waals surface area contributed by atoms with Crippen molar-refractivity contribution in [3.05, 3.63) is 106 Å². The van der Waals surface area contributed by atoms with Crippen molar-refractivity contribution in [2.75, 3.05) is 0 Å². The predicted molar refractivity (Wildman–Crippen MR) is 123 cm³/mol. The third-order valence-electron chi connectivity index (χ3n) is 6.41. The number of rotatable bonds is 5. The molecule has 1 atom stereocenters. The first-order valence-electron chi connectivity index (χ1n) is 11.0. The van der Waals surface area contributed by atoms with Crippen molar-refractivity contribution < 1.29 is 22.8 Å². The minimum atomic E-state index is -4.50. The zero-order chi connectivity index (χ0) is 24.5. The van der Waals surface area contributed by atoms with E-state index in [0.717, 1.165) is 28.8 Å². The van der Waals surface area contributed by atoms with Gasteiger partial charge in [0.1, 0.15) is 5.54 Å². The van der Waals surface area contributed by atoms with Crippen molar-refractivity contribution in [3.63, 3.8) is 0 Å². The quantitative estimate of drug-likeness (QED) is 0.556. The molecule has 0 saturated carbocycles. The Balaban J connectivity index is 1.67. The van der Waals surface area contributed by atoms with Gasteiger partial charge in [0, 0.05) is 25.1 Å². The van der Waals surface area contributed by atoms with Crippen LogP contribution in [0.3, 0.4) is 0 Å². The van der Waals surface area contributed by atoms with Crippen molar-refractivity contribution in [3.8, 4) is 0 Å². The molecule has 2 amide bonds. The Labute approximate surface area is 196 Å². The Hall–Kier alpha value is -3.61. The number of hydrogen-bond donors (Lipinski definition) is 1. The highest BCUT2D eigenvalue weighted by atomic mass is 19.4. The second-order valence-electron chi connectivity index (χ2n) is 8.81. The van der Waals surface area contributed by atoms with Gasteiger partial charge >= 0.3 is 6.18 Å². The molecule has 7 heteroatoms. The Morgan fingerprint density at radius 3 is 2.47 bits per heavy atom. The van der Waals surface area contributed by atoms with E-state index in [4.69, 9.17) is 0 Å². The van der Waals surface area contributed by atoms with Gasteiger partial charge < -0.3 is 10.2 Å². The zero-order valence-electron chi connectivity index (χ0n) is 18.9. The number of benzene rings is 3. The third-order valence-corrected chi connectivity index (χ3v) is 6.41. The summed E-state index contributed by atoms with van der Waals surface area (Å²) in [5.41, 5.74) is 1.41. The molecule has 1 heterocycles. The molecule has 34 heavy (non-hydrogen) atoms. The molecule has 0 spiro atoms. The summed E-state index contributed by atoms with van der Waals surface area (Å²) in [6.07, 6.45) is -4.24. The molecule has 0 aromatic heterocycles. The number of carbonyl (C=O) groups is 2. The molecule has 4 nitrogen and oxygen atoms in total.